The van der Waals surface area contributed by atoms with Crippen LogP contribution in [0.2, 0.25) is 0 Å². The molecule has 0 aliphatic rings. The summed E-state index contributed by atoms with van der Waals surface area (Å²) >= 11 is 0. The number of carboxylic acids is 1. The van der Waals surface area contributed by atoms with E-state index in [-0.39, 0.29) is 5.69 Å². The van der Waals surface area contributed by atoms with Gasteiger partial charge in [0.15, 0.2) is 0 Å². The van der Waals surface area contributed by atoms with Gasteiger partial charge in [0.1, 0.15) is 18.8 Å². The molecular formula is C12H17N3O5. The number of hydrogen-bond donors (Lipinski definition) is 2. The highest BCUT2D eigenvalue weighted by molar-refractivity contribution is 5.96. The van der Waals surface area contributed by atoms with Crippen LogP contribution in [0.25, 0.3) is 0 Å². The zero-order valence-corrected chi connectivity index (χ0v) is 11.1. The largest absolute Gasteiger partial charge is 0.480 e. The Morgan fingerprint density at radius 3 is 2.65 bits per heavy atom. The van der Waals surface area contributed by atoms with Crippen LogP contribution in [-0.2, 0) is 20.9 Å². The van der Waals surface area contributed by atoms with E-state index in [2.05, 4.69) is 0 Å². The number of hydrogen-bond acceptors (Lipinski definition) is 4. The van der Waals surface area contributed by atoms with Crippen molar-refractivity contribution < 1.29 is 24.2 Å². The van der Waals surface area contributed by atoms with Crippen molar-refractivity contribution in [2.75, 3.05) is 26.8 Å². The van der Waals surface area contributed by atoms with E-state index in [1.807, 2.05) is 0 Å². The Morgan fingerprint density at radius 2 is 2.10 bits per heavy atom. The summed E-state index contributed by atoms with van der Waals surface area (Å²) in [6, 6.07) is 3.21. The number of aliphatic carboxylic acids is 1. The van der Waals surface area contributed by atoms with Crippen molar-refractivity contribution in [3.05, 3.63) is 24.0 Å². The van der Waals surface area contributed by atoms with Crippen LogP contribution >= 0.6 is 0 Å². The molecule has 0 aromatic carbocycles. The van der Waals surface area contributed by atoms with Crippen molar-refractivity contribution in [1.29, 1.82) is 0 Å². The molecule has 3 N–H and O–H groups in total. The Balaban J connectivity index is 2.90. The molecule has 1 aromatic heterocycles. The van der Waals surface area contributed by atoms with Crippen molar-refractivity contribution in [1.82, 2.24) is 9.47 Å². The number of amides is 2. The SMILES string of the molecule is COCCn1cccc1C(=O)N(CC(N)=O)CC(=O)O. The van der Waals surface area contributed by atoms with E-state index < -0.39 is 30.9 Å². The quantitative estimate of drug-likeness (QED) is 0.644. The molecule has 0 spiro atoms. The summed E-state index contributed by atoms with van der Waals surface area (Å²) in [5, 5.41) is 8.78. The van der Waals surface area contributed by atoms with E-state index in [0.717, 1.165) is 4.90 Å². The first-order chi connectivity index (χ1) is 9.45. The van der Waals surface area contributed by atoms with Crippen LogP contribution in [0.3, 0.4) is 0 Å². The molecule has 2 amide bonds. The normalized spacial score (nSPS) is 10.2. The minimum atomic E-state index is -1.21. The summed E-state index contributed by atoms with van der Waals surface area (Å²) in [5.74, 6) is -2.54. The third-order valence-electron chi connectivity index (χ3n) is 2.54. The molecule has 0 bridgehead atoms. The van der Waals surface area contributed by atoms with E-state index in [1.54, 1.807) is 22.9 Å². The molecule has 110 valence electrons. The molecule has 8 heteroatoms. The molecule has 0 aliphatic heterocycles. The molecule has 0 aliphatic carbocycles. The van der Waals surface area contributed by atoms with Gasteiger partial charge in [-0.05, 0) is 12.1 Å². The number of carbonyl (C=O) groups is 3. The predicted octanol–water partition coefficient (Wildman–Crippen LogP) is -0.853. The summed E-state index contributed by atoms with van der Waals surface area (Å²) < 4.78 is 6.55. The first-order valence-electron chi connectivity index (χ1n) is 5.89. The van der Waals surface area contributed by atoms with E-state index in [9.17, 15) is 14.4 Å². The topological polar surface area (TPSA) is 115 Å². The number of nitrogens with zero attached hydrogens (tertiary/aromatic N) is 2. The van der Waals surface area contributed by atoms with Gasteiger partial charge in [0.25, 0.3) is 5.91 Å². The van der Waals surface area contributed by atoms with Crippen molar-refractivity contribution in [3.63, 3.8) is 0 Å². The first kappa shape index (κ1) is 15.7. The van der Waals surface area contributed by atoms with Crippen LogP contribution in [0.15, 0.2) is 18.3 Å². The maximum absolute atomic E-state index is 12.3. The van der Waals surface area contributed by atoms with Crippen molar-refractivity contribution in [2.24, 2.45) is 5.73 Å². The number of rotatable bonds is 8. The van der Waals surface area contributed by atoms with Gasteiger partial charge in [0.05, 0.1) is 6.61 Å². The average molecular weight is 283 g/mol. The molecule has 0 saturated carbocycles. The van der Waals surface area contributed by atoms with E-state index in [4.69, 9.17) is 15.6 Å². The molecule has 1 aromatic rings. The highest BCUT2D eigenvalue weighted by Crippen LogP contribution is 2.07. The van der Waals surface area contributed by atoms with Gasteiger partial charge in [-0.2, -0.15) is 0 Å². The van der Waals surface area contributed by atoms with Gasteiger partial charge in [0.2, 0.25) is 5.91 Å². The number of aromatic nitrogens is 1. The summed E-state index contributed by atoms with van der Waals surface area (Å²) in [6.45, 7) is -0.177. The van der Waals surface area contributed by atoms with Gasteiger partial charge in [-0.3, -0.25) is 14.4 Å². The Labute approximate surface area is 115 Å². The maximum Gasteiger partial charge on any atom is 0.323 e. The fraction of sp³-hybridized carbons (Fsp3) is 0.417. The fourth-order valence-electron chi connectivity index (χ4n) is 1.71. The Hall–Kier alpha value is -2.35. The van der Waals surface area contributed by atoms with E-state index in [1.165, 1.54) is 7.11 Å². The minimum absolute atomic E-state index is 0.282. The van der Waals surface area contributed by atoms with Crippen LogP contribution in [0, 0.1) is 0 Å². The van der Waals surface area contributed by atoms with E-state index >= 15 is 0 Å². The molecule has 20 heavy (non-hydrogen) atoms. The van der Waals surface area contributed by atoms with Gasteiger partial charge in [-0.1, -0.05) is 0 Å². The number of ether oxygens (including phenoxy) is 1. The average Bonchev–Trinajstić information content (AvgIpc) is 2.81. The van der Waals surface area contributed by atoms with Crippen molar-refractivity contribution in [2.45, 2.75) is 6.54 Å². The molecule has 1 rings (SSSR count). The van der Waals surface area contributed by atoms with Crippen molar-refractivity contribution in [3.8, 4) is 0 Å². The summed E-state index contributed by atoms with van der Waals surface area (Å²) in [4.78, 5) is 34.8. The molecule has 8 nitrogen and oxygen atoms in total. The first-order valence-corrected chi connectivity index (χ1v) is 5.89. The minimum Gasteiger partial charge on any atom is -0.480 e. The van der Waals surface area contributed by atoms with Crippen LogP contribution in [0.4, 0.5) is 0 Å². The molecule has 0 saturated heterocycles. The summed E-state index contributed by atoms with van der Waals surface area (Å²) in [6.07, 6.45) is 1.68. The van der Waals surface area contributed by atoms with Crippen LogP contribution in [0.5, 0.6) is 0 Å². The monoisotopic (exact) mass is 283 g/mol. The van der Waals surface area contributed by atoms with Gasteiger partial charge in [0, 0.05) is 19.9 Å². The van der Waals surface area contributed by atoms with Gasteiger partial charge < -0.3 is 25.0 Å². The Bertz CT molecular complexity index is 481. The Kier molecular flexibility index (Phi) is 5.73. The lowest BCUT2D eigenvalue weighted by Crippen LogP contribution is -2.42. The van der Waals surface area contributed by atoms with Crippen molar-refractivity contribution >= 4 is 17.8 Å². The second-order valence-corrected chi connectivity index (χ2v) is 4.10. The highest BCUT2D eigenvalue weighted by Gasteiger charge is 2.22. The third kappa shape index (κ3) is 4.39. The number of primary amides is 1. The molecule has 1 heterocycles. The number of carboxylic acid groups (broad SMARTS) is 1. The van der Waals surface area contributed by atoms with Gasteiger partial charge >= 0.3 is 5.97 Å². The second kappa shape index (κ2) is 7.29. The molecule has 0 fully saturated rings. The molecule has 0 radical (unpaired) electrons. The zero-order valence-electron chi connectivity index (χ0n) is 11.1. The number of methoxy groups -OCH3 is 1. The van der Waals surface area contributed by atoms with Gasteiger partial charge in [-0.25, -0.2) is 0 Å². The summed E-state index contributed by atoms with van der Waals surface area (Å²) in [5.41, 5.74) is 5.31. The number of nitrogens with two attached hydrogens (primary N) is 1. The van der Waals surface area contributed by atoms with Crippen LogP contribution < -0.4 is 5.73 Å². The second-order valence-electron chi connectivity index (χ2n) is 4.10. The standard InChI is InChI=1S/C12H17N3O5/c1-20-6-5-14-4-2-3-9(14)12(19)15(7-10(13)16)8-11(17)18/h2-4H,5-8H2,1H3,(H2,13,16)(H,17,18). The fourth-order valence-corrected chi connectivity index (χ4v) is 1.71. The Morgan fingerprint density at radius 1 is 1.40 bits per heavy atom. The molecular weight excluding hydrogens is 266 g/mol. The lowest BCUT2D eigenvalue weighted by molar-refractivity contribution is -0.138. The maximum atomic E-state index is 12.3. The predicted molar refractivity (Wildman–Crippen MR) is 69.0 cm³/mol. The molecule has 0 unspecified atom stereocenters. The lowest BCUT2D eigenvalue weighted by atomic mass is 10.3. The van der Waals surface area contributed by atoms with Crippen LogP contribution in [-0.4, -0.2) is 59.2 Å². The van der Waals surface area contributed by atoms with E-state index in [0.29, 0.717) is 13.2 Å². The smallest absolute Gasteiger partial charge is 0.323 e. The highest BCUT2D eigenvalue weighted by atomic mass is 16.5. The lowest BCUT2D eigenvalue weighted by Gasteiger charge is -2.20. The summed E-state index contributed by atoms with van der Waals surface area (Å²) in [7, 11) is 1.54. The molecule has 0 atom stereocenters. The zero-order chi connectivity index (χ0) is 15.1. The van der Waals surface area contributed by atoms with Gasteiger partial charge in [-0.15, -0.1) is 0 Å². The number of carbonyl (C=O) groups excluding carboxylic acids is 2. The van der Waals surface area contributed by atoms with Crippen LogP contribution in [0.1, 0.15) is 10.5 Å². The third-order valence-corrected chi connectivity index (χ3v) is 2.54.